The summed E-state index contributed by atoms with van der Waals surface area (Å²) in [5.41, 5.74) is 1.82. The van der Waals surface area contributed by atoms with E-state index in [9.17, 15) is 4.79 Å². The number of anilines is 2. The normalized spacial score (nSPS) is 14.1. The number of hydrogen-bond acceptors (Lipinski definition) is 6. The van der Waals surface area contributed by atoms with Gasteiger partial charge in [-0.1, -0.05) is 0 Å². The molecule has 0 saturated carbocycles. The number of benzene rings is 1. The van der Waals surface area contributed by atoms with Gasteiger partial charge in [0.15, 0.2) is 0 Å². The summed E-state index contributed by atoms with van der Waals surface area (Å²) in [4.78, 5) is 22.3. The fourth-order valence-corrected chi connectivity index (χ4v) is 2.21. The first-order valence-electron chi connectivity index (χ1n) is 7.22. The van der Waals surface area contributed by atoms with Crippen LogP contribution in [0.4, 0.5) is 11.6 Å². The van der Waals surface area contributed by atoms with Crippen LogP contribution in [-0.2, 0) is 4.74 Å². The maximum Gasteiger partial charge on any atom is 0.257 e. The Balaban J connectivity index is 1.66. The molecule has 0 radical (unpaired) electrons. The van der Waals surface area contributed by atoms with Gasteiger partial charge in [-0.05, 0) is 24.3 Å². The van der Waals surface area contributed by atoms with Gasteiger partial charge in [0.25, 0.3) is 5.91 Å². The van der Waals surface area contributed by atoms with Gasteiger partial charge in [0, 0.05) is 31.2 Å². The van der Waals surface area contributed by atoms with Crippen molar-refractivity contribution < 1.29 is 9.53 Å². The van der Waals surface area contributed by atoms with Gasteiger partial charge in [-0.15, -0.1) is 0 Å². The molecule has 0 spiro atoms. The number of amides is 1. The Labute approximate surface area is 133 Å². The Kier molecular flexibility index (Phi) is 4.45. The van der Waals surface area contributed by atoms with E-state index < -0.39 is 0 Å². The second kappa shape index (κ2) is 6.85. The molecule has 116 valence electrons. The van der Waals surface area contributed by atoms with Gasteiger partial charge >= 0.3 is 0 Å². The van der Waals surface area contributed by atoms with E-state index >= 15 is 0 Å². The predicted molar refractivity (Wildman–Crippen MR) is 83.2 cm³/mol. The lowest BCUT2D eigenvalue weighted by molar-refractivity contribution is 0.0302. The Morgan fingerprint density at radius 2 is 1.83 bits per heavy atom. The zero-order valence-corrected chi connectivity index (χ0v) is 12.4. The van der Waals surface area contributed by atoms with E-state index in [1.54, 1.807) is 29.2 Å². The van der Waals surface area contributed by atoms with E-state index in [1.165, 1.54) is 12.4 Å². The summed E-state index contributed by atoms with van der Waals surface area (Å²) in [5, 5.41) is 11.8. The summed E-state index contributed by atoms with van der Waals surface area (Å²) in [5.74, 6) is 0.312. The van der Waals surface area contributed by atoms with Gasteiger partial charge in [0.1, 0.15) is 0 Å². The highest BCUT2D eigenvalue weighted by atomic mass is 16.5. The number of carbonyl (C=O) groups excluding carboxylic acids is 1. The van der Waals surface area contributed by atoms with Crippen molar-refractivity contribution in [3.8, 4) is 6.07 Å². The molecule has 7 heteroatoms. The Morgan fingerprint density at radius 1 is 1.17 bits per heavy atom. The highest BCUT2D eigenvalue weighted by molar-refractivity contribution is 5.93. The van der Waals surface area contributed by atoms with E-state index in [-0.39, 0.29) is 5.91 Å². The third-order valence-electron chi connectivity index (χ3n) is 3.47. The van der Waals surface area contributed by atoms with Crippen molar-refractivity contribution in [1.29, 1.82) is 5.26 Å². The van der Waals surface area contributed by atoms with Crippen LogP contribution in [0, 0.1) is 11.3 Å². The molecule has 0 unspecified atom stereocenters. The molecule has 1 aliphatic rings. The van der Waals surface area contributed by atoms with Gasteiger partial charge in [-0.2, -0.15) is 5.26 Å². The number of hydrogen-bond donors (Lipinski definition) is 1. The molecule has 1 aliphatic heterocycles. The SMILES string of the molecule is N#Cc1ccc(Nc2ncc(C(=O)N3CCOCC3)cn2)cc1. The van der Waals surface area contributed by atoms with E-state index in [1.807, 2.05) is 0 Å². The molecule has 1 saturated heterocycles. The molecular formula is C16H15N5O2. The summed E-state index contributed by atoms with van der Waals surface area (Å²) >= 11 is 0. The van der Waals surface area contributed by atoms with Crippen molar-refractivity contribution in [2.24, 2.45) is 0 Å². The average Bonchev–Trinajstić information content (AvgIpc) is 2.63. The third-order valence-corrected chi connectivity index (χ3v) is 3.47. The second-order valence-corrected chi connectivity index (χ2v) is 5.01. The fourth-order valence-electron chi connectivity index (χ4n) is 2.21. The number of morpholine rings is 1. The topological polar surface area (TPSA) is 91.1 Å². The first kappa shape index (κ1) is 14.9. The van der Waals surface area contributed by atoms with Crippen molar-refractivity contribution in [3.63, 3.8) is 0 Å². The molecule has 2 aromatic rings. The van der Waals surface area contributed by atoms with Crippen LogP contribution in [-0.4, -0.2) is 47.1 Å². The zero-order chi connectivity index (χ0) is 16.1. The van der Waals surface area contributed by atoms with Crippen LogP contribution in [0.25, 0.3) is 0 Å². The number of carbonyl (C=O) groups is 1. The van der Waals surface area contributed by atoms with Gasteiger partial charge < -0.3 is 15.0 Å². The molecule has 1 fully saturated rings. The highest BCUT2D eigenvalue weighted by Crippen LogP contribution is 2.14. The number of rotatable bonds is 3. The van der Waals surface area contributed by atoms with Crippen molar-refractivity contribution in [2.45, 2.75) is 0 Å². The van der Waals surface area contributed by atoms with E-state index in [4.69, 9.17) is 10.00 Å². The molecule has 3 rings (SSSR count). The summed E-state index contributed by atoms with van der Waals surface area (Å²) < 4.78 is 5.23. The lowest BCUT2D eigenvalue weighted by atomic mass is 10.2. The Morgan fingerprint density at radius 3 is 2.43 bits per heavy atom. The summed E-state index contributed by atoms with van der Waals surface area (Å²) in [6.45, 7) is 2.30. The summed E-state index contributed by atoms with van der Waals surface area (Å²) in [6, 6.07) is 9.02. The monoisotopic (exact) mass is 309 g/mol. The van der Waals surface area contributed by atoms with Crippen LogP contribution < -0.4 is 5.32 Å². The largest absolute Gasteiger partial charge is 0.378 e. The van der Waals surface area contributed by atoms with E-state index in [0.29, 0.717) is 43.4 Å². The van der Waals surface area contributed by atoms with Crippen molar-refractivity contribution in [3.05, 3.63) is 47.8 Å². The van der Waals surface area contributed by atoms with E-state index in [0.717, 1.165) is 5.69 Å². The minimum Gasteiger partial charge on any atom is -0.378 e. The number of nitriles is 1. The van der Waals surface area contributed by atoms with Crippen LogP contribution >= 0.6 is 0 Å². The molecule has 1 amide bonds. The molecule has 2 heterocycles. The van der Waals surface area contributed by atoms with Crippen LogP contribution in [0.15, 0.2) is 36.7 Å². The highest BCUT2D eigenvalue weighted by Gasteiger charge is 2.19. The third kappa shape index (κ3) is 3.62. The number of nitrogens with zero attached hydrogens (tertiary/aromatic N) is 4. The molecule has 23 heavy (non-hydrogen) atoms. The fraction of sp³-hybridized carbons (Fsp3) is 0.250. The summed E-state index contributed by atoms with van der Waals surface area (Å²) in [6.07, 6.45) is 3.02. The second-order valence-electron chi connectivity index (χ2n) is 5.01. The molecule has 1 aromatic carbocycles. The Bertz CT molecular complexity index is 716. The van der Waals surface area contributed by atoms with Gasteiger partial charge in [-0.25, -0.2) is 9.97 Å². The Hall–Kier alpha value is -2.98. The van der Waals surface area contributed by atoms with Crippen molar-refractivity contribution in [1.82, 2.24) is 14.9 Å². The number of nitrogens with one attached hydrogen (secondary N) is 1. The minimum atomic E-state index is -0.0850. The lowest BCUT2D eigenvalue weighted by Gasteiger charge is -2.26. The first-order chi connectivity index (χ1) is 11.3. The van der Waals surface area contributed by atoms with Crippen LogP contribution in [0.1, 0.15) is 15.9 Å². The summed E-state index contributed by atoms with van der Waals surface area (Å²) in [7, 11) is 0. The number of aromatic nitrogens is 2. The minimum absolute atomic E-state index is 0.0850. The van der Waals surface area contributed by atoms with Crippen molar-refractivity contribution in [2.75, 3.05) is 31.6 Å². The molecule has 1 N–H and O–H groups in total. The molecule has 1 aromatic heterocycles. The van der Waals surface area contributed by atoms with Gasteiger partial charge in [-0.3, -0.25) is 4.79 Å². The predicted octanol–water partition coefficient (Wildman–Crippen LogP) is 1.56. The van der Waals surface area contributed by atoms with Crippen LogP contribution in [0.2, 0.25) is 0 Å². The quantitative estimate of drug-likeness (QED) is 0.925. The molecule has 0 aliphatic carbocycles. The van der Waals surface area contributed by atoms with Gasteiger partial charge in [0.05, 0.1) is 30.4 Å². The maximum absolute atomic E-state index is 12.3. The molecule has 7 nitrogen and oxygen atoms in total. The van der Waals surface area contributed by atoms with Crippen molar-refractivity contribution >= 4 is 17.5 Å². The molecule has 0 atom stereocenters. The first-order valence-corrected chi connectivity index (χ1v) is 7.22. The molecule has 0 bridgehead atoms. The van der Waals surface area contributed by atoms with Gasteiger partial charge in [0.2, 0.25) is 5.95 Å². The van der Waals surface area contributed by atoms with E-state index in [2.05, 4.69) is 21.4 Å². The van der Waals surface area contributed by atoms with Crippen LogP contribution in [0.3, 0.4) is 0 Å². The lowest BCUT2D eigenvalue weighted by Crippen LogP contribution is -2.40. The zero-order valence-electron chi connectivity index (χ0n) is 12.4. The standard InChI is InChI=1S/C16H15N5O2/c17-9-12-1-3-14(4-2-12)20-16-18-10-13(11-19-16)15(22)21-5-7-23-8-6-21/h1-4,10-11H,5-8H2,(H,18,19,20). The average molecular weight is 309 g/mol. The number of ether oxygens (including phenoxy) is 1. The maximum atomic E-state index is 12.3. The smallest absolute Gasteiger partial charge is 0.257 e. The van der Waals surface area contributed by atoms with Crippen LogP contribution in [0.5, 0.6) is 0 Å². The molecular weight excluding hydrogens is 294 g/mol.